The molecule has 208 valence electrons. The van der Waals surface area contributed by atoms with E-state index in [-0.39, 0.29) is 36.1 Å². The second-order valence-electron chi connectivity index (χ2n) is 10.3. The van der Waals surface area contributed by atoms with E-state index in [4.69, 9.17) is 14.2 Å². The molecule has 2 aromatic heterocycles. The highest BCUT2D eigenvalue weighted by Crippen LogP contribution is 2.32. The highest BCUT2D eigenvalue weighted by molar-refractivity contribution is 6.20. The zero-order chi connectivity index (χ0) is 28.2. The summed E-state index contributed by atoms with van der Waals surface area (Å²) in [6.45, 7) is 6.60. The Balaban J connectivity index is 1.84. The topological polar surface area (TPSA) is 112 Å². The summed E-state index contributed by atoms with van der Waals surface area (Å²) in [7, 11) is 3.73. The van der Waals surface area contributed by atoms with E-state index in [0.29, 0.717) is 37.4 Å². The van der Waals surface area contributed by atoms with Crippen molar-refractivity contribution >= 4 is 17.8 Å². The molecule has 0 aliphatic carbocycles. The van der Waals surface area contributed by atoms with Crippen LogP contribution < -0.4 is 14.4 Å². The number of carbonyl (C=O) groups excluding carboxylic acids is 2. The quantitative estimate of drug-likeness (QED) is 0.481. The Morgan fingerprint density at radius 3 is 2.74 bits per heavy atom. The fourth-order valence-corrected chi connectivity index (χ4v) is 3.83. The van der Waals surface area contributed by atoms with Gasteiger partial charge in [-0.05, 0) is 65.9 Å². The molecule has 0 unspecified atom stereocenters. The summed E-state index contributed by atoms with van der Waals surface area (Å²) in [5, 5.41) is 8.19. The van der Waals surface area contributed by atoms with Crippen LogP contribution in [-0.2, 0) is 11.3 Å². The van der Waals surface area contributed by atoms with Gasteiger partial charge in [-0.25, -0.2) is 14.2 Å². The maximum atomic E-state index is 15.0. The number of aryl methyl sites for hydroxylation is 1. The lowest BCUT2D eigenvalue weighted by atomic mass is 10.1. The molecule has 12 heteroatoms. The van der Waals surface area contributed by atoms with Gasteiger partial charge in [0.25, 0.3) is 5.91 Å². The maximum absolute atomic E-state index is 15.0. The van der Waals surface area contributed by atoms with Crippen molar-refractivity contribution in [2.75, 3.05) is 38.8 Å². The second-order valence-corrected chi connectivity index (χ2v) is 10.3. The molecule has 39 heavy (non-hydrogen) atoms. The van der Waals surface area contributed by atoms with Crippen molar-refractivity contribution in [2.24, 2.45) is 0 Å². The Morgan fingerprint density at radius 2 is 2.00 bits per heavy atom. The van der Waals surface area contributed by atoms with Crippen LogP contribution in [0.3, 0.4) is 0 Å². The summed E-state index contributed by atoms with van der Waals surface area (Å²) in [6.07, 6.45) is 1.97. The smallest absolute Gasteiger partial charge is 0.423 e. The first-order valence-corrected chi connectivity index (χ1v) is 12.7. The van der Waals surface area contributed by atoms with Gasteiger partial charge in [-0.3, -0.25) is 4.79 Å². The van der Waals surface area contributed by atoms with Crippen molar-refractivity contribution in [2.45, 2.75) is 45.8 Å². The van der Waals surface area contributed by atoms with Gasteiger partial charge in [0.15, 0.2) is 17.4 Å². The molecule has 2 amide bonds. The molecule has 0 saturated heterocycles. The number of aromatic nitrogens is 4. The van der Waals surface area contributed by atoms with E-state index in [1.54, 1.807) is 39.2 Å². The van der Waals surface area contributed by atoms with E-state index in [1.165, 1.54) is 12.1 Å². The summed E-state index contributed by atoms with van der Waals surface area (Å²) in [5.74, 6) is -1.13. The Morgan fingerprint density at radius 1 is 1.21 bits per heavy atom. The average Bonchev–Trinajstić information content (AvgIpc) is 3.32. The molecule has 0 saturated carbocycles. The number of benzene rings is 1. The summed E-state index contributed by atoms with van der Waals surface area (Å²) < 4.78 is 33.9. The van der Waals surface area contributed by atoms with Crippen molar-refractivity contribution < 1.29 is 28.2 Å². The predicted octanol–water partition coefficient (Wildman–Crippen LogP) is 4.17. The van der Waals surface area contributed by atoms with Gasteiger partial charge in [-0.2, -0.15) is 4.90 Å². The number of pyridine rings is 1. The summed E-state index contributed by atoms with van der Waals surface area (Å²) >= 11 is 0. The van der Waals surface area contributed by atoms with E-state index >= 15 is 4.39 Å². The van der Waals surface area contributed by atoms with E-state index < -0.39 is 23.4 Å². The average molecular weight is 541 g/mol. The van der Waals surface area contributed by atoms with Crippen LogP contribution in [-0.4, -0.2) is 76.1 Å². The molecule has 1 aliphatic heterocycles. The number of amides is 2. The van der Waals surface area contributed by atoms with E-state index in [2.05, 4.69) is 15.2 Å². The number of hydrogen-bond acceptors (Lipinski definition) is 9. The van der Waals surface area contributed by atoms with Crippen molar-refractivity contribution in [1.29, 1.82) is 0 Å². The van der Waals surface area contributed by atoms with E-state index in [1.807, 2.05) is 23.6 Å². The van der Waals surface area contributed by atoms with Crippen molar-refractivity contribution in [3.05, 3.63) is 48.0 Å². The predicted molar refractivity (Wildman–Crippen MR) is 141 cm³/mol. The molecular formula is C27H33FN6O5. The van der Waals surface area contributed by atoms with Gasteiger partial charge in [0, 0.05) is 19.2 Å². The minimum Gasteiger partial charge on any atom is -0.493 e. The van der Waals surface area contributed by atoms with Gasteiger partial charge in [0.2, 0.25) is 0 Å². The van der Waals surface area contributed by atoms with Crippen molar-refractivity contribution in [3.63, 3.8) is 0 Å². The Kier molecular flexibility index (Phi) is 8.44. The van der Waals surface area contributed by atoms with Crippen LogP contribution in [0.1, 0.15) is 44.0 Å². The lowest BCUT2D eigenvalue weighted by molar-refractivity contribution is 0.0562. The number of fused-ring (bicyclic) bond motifs is 5. The summed E-state index contributed by atoms with van der Waals surface area (Å²) in [5.41, 5.74) is -0.544. The molecule has 0 N–H and O–H groups in total. The van der Waals surface area contributed by atoms with Gasteiger partial charge in [-0.15, -0.1) is 10.2 Å². The van der Waals surface area contributed by atoms with E-state index in [0.717, 1.165) is 11.0 Å². The zero-order valence-corrected chi connectivity index (χ0v) is 22.8. The van der Waals surface area contributed by atoms with Gasteiger partial charge < -0.3 is 23.7 Å². The van der Waals surface area contributed by atoms with Crippen LogP contribution in [0.2, 0.25) is 0 Å². The number of carbonyl (C=O) groups is 2. The highest BCUT2D eigenvalue weighted by atomic mass is 19.1. The van der Waals surface area contributed by atoms with Crippen LogP contribution in [0.25, 0.3) is 11.5 Å². The number of nitrogens with zero attached hydrogens (tertiary/aromatic N) is 6. The second kappa shape index (κ2) is 11.8. The van der Waals surface area contributed by atoms with Crippen LogP contribution in [0.15, 0.2) is 36.7 Å². The lowest BCUT2D eigenvalue weighted by Gasteiger charge is -2.26. The largest absolute Gasteiger partial charge is 0.493 e. The van der Waals surface area contributed by atoms with Gasteiger partial charge in [-0.1, -0.05) is 6.07 Å². The molecule has 0 fully saturated rings. The SMILES string of the molecule is CN(C)CCOc1cc2c(cc1F)OCCCCn1cnnc1-c1cccc(n1)N(C(=O)OC(C)(C)C)C2=O. The van der Waals surface area contributed by atoms with Crippen LogP contribution >= 0.6 is 0 Å². The normalized spacial score (nSPS) is 14.2. The number of halogens is 1. The number of likely N-dealkylation sites (N-methyl/N-ethyl adjacent to an activating group) is 1. The number of ether oxygens (including phenoxy) is 3. The fourth-order valence-electron chi connectivity index (χ4n) is 3.83. The standard InChI is InChI=1S/C27H33FN6O5/c1-27(2,3)39-26(36)34-23-10-8-9-20(30-23)24-31-29-17-33(24)11-6-7-13-37-21-16-19(28)22(15-18(21)25(34)35)38-14-12-32(4)5/h8-10,15-17H,6-7,11-14H2,1-5H3. The number of imide groups is 1. The fraction of sp³-hybridized carbons (Fsp3) is 0.444. The number of hydrogen-bond donors (Lipinski definition) is 0. The van der Waals surface area contributed by atoms with Gasteiger partial charge >= 0.3 is 6.09 Å². The Hall–Kier alpha value is -4.06. The minimum atomic E-state index is -0.948. The third-order valence-electron chi connectivity index (χ3n) is 5.70. The molecule has 1 aliphatic rings. The molecule has 1 aromatic carbocycles. The van der Waals surface area contributed by atoms with E-state index in [9.17, 15) is 9.59 Å². The molecule has 3 aromatic rings. The molecule has 4 rings (SSSR count). The van der Waals surface area contributed by atoms with Crippen molar-refractivity contribution in [1.82, 2.24) is 24.6 Å². The Labute approximate surface area is 226 Å². The first kappa shape index (κ1) is 28.0. The monoisotopic (exact) mass is 540 g/mol. The maximum Gasteiger partial charge on any atom is 0.423 e. The lowest BCUT2D eigenvalue weighted by Crippen LogP contribution is -2.41. The highest BCUT2D eigenvalue weighted by Gasteiger charge is 2.33. The third kappa shape index (κ3) is 6.88. The van der Waals surface area contributed by atoms with Crippen LogP contribution in [0.5, 0.6) is 11.5 Å². The van der Waals surface area contributed by atoms with Crippen LogP contribution in [0, 0.1) is 5.82 Å². The molecular weight excluding hydrogens is 507 g/mol. The van der Waals surface area contributed by atoms with Crippen molar-refractivity contribution in [3.8, 4) is 23.0 Å². The van der Waals surface area contributed by atoms with Gasteiger partial charge in [0.05, 0.1) is 12.2 Å². The number of anilines is 1. The minimum absolute atomic E-state index is 0.00344. The zero-order valence-electron chi connectivity index (χ0n) is 22.8. The van der Waals surface area contributed by atoms with Gasteiger partial charge in [0.1, 0.15) is 35.8 Å². The Bertz CT molecular complexity index is 1340. The third-order valence-corrected chi connectivity index (χ3v) is 5.70. The molecule has 11 nitrogen and oxygen atoms in total. The van der Waals surface area contributed by atoms with Crippen LogP contribution in [0.4, 0.5) is 15.0 Å². The molecule has 0 atom stereocenters. The summed E-state index contributed by atoms with van der Waals surface area (Å²) in [4.78, 5) is 34.8. The molecule has 3 heterocycles. The molecule has 0 radical (unpaired) electrons. The first-order chi connectivity index (χ1) is 18.5. The molecule has 2 bridgehead atoms. The summed E-state index contributed by atoms with van der Waals surface area (Å²) in [6, 6.07) is 7.25. The first-order valence-electron chi connectivity index (χ1n) is 12.7. The molecule has 0 spiro atoms. The number of rotatable bonds is 4.